The van der Waals surface area contributed by atoms with E-state index in [1.54, 1.807) is 44.2 Å². The molecule has 0 saturated carbocycles. The van der Waals surface area contributed by atoms with Crippen molar-refractivity contribution in [2.75, 3.05) is 40.3 Å². The SMILES string of the molecule is C1CCSC1.CC(=O)Nc1ccc(N2C(=O)C(C)(C)c3cc(C(=O)NS4(C)CCOO4)ccc32)cc1O. The van der Waals surface area contributed by atoms with E-state index in [0.717, 1.165) is 0 Å². The van der Waals surface area contributed by atoms with Crippen molar-refractivity contribution in [3.63, 3.8) is 0 Å². The number of nitrogens with zero attached hydrogens (tertiary/aromatic N) is 1. The molecule has 5 rings (SSSR count). The van der Waals surface area contributed by atoms with Crippen LogP contribution in [-0.4, -0.2) is 52.9 Å². The van der Waals surface area contributed by atoms with Crippen molar-refractivity contribution in [2.45, 2.75) is 39.0 Å². The summed E-state index contributed by atoms with van der Waals surface area (Å²) in [5.41, 5.74) is 1.57. The van der Waals surface area contributed by atoms with Gasteiger partial charge in [0.15, 0.2) is 0 Å². The Labute approximate surface area is 222 Å². The van der Waals surface area contributed by atoms with Crippen molar-refractivity contribution in [3.8, 4) is 5.75 Å². The van der Waals surface area contributed by atoms with Gasteiger partial charge < -0.3 is 10.4 Å². The van der Waals surface area contributed by atoms with Gasteiger partial charge in [-0.1, -0.05) is 0 Å². The first-order valence-corrected chi connectivity index (χ1v) is 15.4. The largest absolute Gasteiger partial charge is 0.506 e. The molecule has 0 radical (unpaired) electrons. The zero-order valence-electron chi connectivity index (χ0n) is 21.5. The van der Waals surface area contributed by atoms with E-state index in [9.17, 15) is 19.5 Å². The van der Waals surface area contributed by atoms with E-state index >= 15 is 0 Å². The summed E-state index contributed by atoms with van der Waals surface area (Å²) in [7, 11) is -1.83. The second kappa shape index (κ2) is 10.9. The van der Waals surface area contributed by atoms with Gasteiger partial charge in [-0.3, -0.25) is 24.0 Å². The van der Waals surface area contributed by atoms with Gasteiger partial charge in [0, 0.05) is 30.6 Å². The molecular weight excluding hydrogens is 514 g/mol. The van der Waals surface area contributed by atoms with E-state index in [-0.39, 0.29) is 29.2 Å². The third kappa shape index (κ3) is 5.90. The van der Waals surface area contributed by atoms with Crippen molar-refractivity contribution in [2.24, 2.45) is 0 Å². The molecule has 2 aromatic rings. The molecule has 3 heterocycles. The predicted octanol–water partition coefficient (Wildman–Crippen LogP) is 4.78. The first kappa shape index (κ1) is 27.3. The number of aromatic hydroxyl groups is 1. The van der Waals surface area contributed by atoms with Gasteiger partial charge in [0.25, 0.3) is 5.91 Å². The summed E-state index contributed by atoms with van der Waals surface area (Å²) >= 11 is 2.07. The lowest BCUT2D eigenvalue weighted by molar-refractivity contribution is -0.173. The average molecular weight is 548 g/mol. The van der Waals surface area contributed by atoms with Crippen LogP contribution in [0.1, 0.15) is 49.5 Å². The molecule has 3 aliphatic heterocycles. The molecule has 1 atom stereocenters. The van der Waals surface area contributed by atoms with Gasteiger partial charge in [-0.05, 0) is 84.6 Å². The first-order valence-electron chi connectivity index (χ1n) is 12.1. The predicted molar refractivity (Wildman–Crippen MR) is 148 cm³/mol. The van der Waals surface area contributed by atoms with Gasteiger partial charge >= 0.3 is 0 Å². The second-order valence-corrected chi connectivity index (χ2v) is 13.7. The smallest absolute Gasteiger partial charge is 0.261 e. The van der Waals surface area contributed by atoms with E-state index in [1.165, 1.54) is 42.2 Å². The van der Waals surface area contributed by atoms with Crippen LogP contribution in [0.5, 0.6) is 5.75 Å². The molecule has 200 valence electrons. The highest BCUT2D eigenvalue weighted by atomic mass is 32.3. The van der Waals surface area contributed by atoms with E-state index in [4.69, 9.17) is 9.22 Å². The summed E-state index contributed by atoms with van der Waals surface area (Å²) in [6, 6.07) is 9.71. The molecule has 37 heavy (non-hydrogen) atoms. The van der Waals surface area contributed by atoms with Crippen molar-refractivity contribution >= 4 is 57.0 Å². The van der Waals surface area contributed by atoms with Crippen LogP contribution in [0.15, 0.2) is 36.4 Å². The zero-order valence-corrected chi connectivity index (χ0v) is 23.1. The number of amides is 3. The highest BCUT2D eigenvalue weighted by Crippen LogP contribution is 2.48. The molecule has 0 bridgehead atoms. The van der Waals surface area contributed by atoms with Gasteiger partial charge in [-0.25, -0.2) is 4.89 Å². The number of rotatable bonds is 4. The fourth-order valence-electron chi connectivity index (χ4n) is 4.29. The van der Waals surface area contributed by atoms with Crippen LogP contribution in [0.4, 0.5) is 17.1 Å². The topological polar surface area (TPSA) is 117 Å². The summed E-state index contributed by atoms with van der Waals surface area (Å²) in [6.07, 6.45) is 4.74. The highest BCUT2D eigenvalue weighted by Gasteiger charge is 2.45. The van der Waals surface area contributed by atoms with E-state index in [2.05, 4.69) is 21.8 Å². The lowest BCUT2D eigenvalue weighted by atomic mass is 9.85. The van der Waals surface area contributed by atoms with Crippen molar-refractivity contribution in [1.29, 1.82) is 0 Å². The molecule has 3 aliphatic rings. The van der Waals surface area contributed by atoms with Crippen LogP contribution in [-0.2, 0) is 24.2 Å². The third-order valence-corrected chi connectivity index (χ3v) is 9.47. The minimum Gasteiger partial charge on any atom is -0.506 e. The van der Waals surface area contributed by atoms with Crippen LogP contribution in [0, 0.1) is 0 Å². The van der Waals surface area contributed by atoms with Crippen molar-refractivity contribution in [3.05, 3.63) is 47.5 Å². The lowest BCUT2D eigenvalue weighted by Crippen LogP contribution is -2.33. The maximum Gasteiger partial charge on any atom is 0.261 e. The molecule has 0 spiro atoms. The molecule has 3 amide bonds. The lowest BCUT2D eigenvalue weighted by Gasteiger charge is -2.27. The number of benzene rings is 2. The number of hydrogen-bond acceptors (Lipinski definition) is 7. The van der Waals surface area contributed by atoms with E-state index in [0.29, 0.717) is 34.9 Å². The first-order chi connectivity index (χ1) is 17.5. The van der Waals surface area contributed by atoms with E-state index in [1.807, 2.05) is 6.26 Å². The molecule has 2 fully saturated rings. The Morgan fingerprint density at radius 1 is 1.14 bits per heavy atom. The summed E-state index contributed by atoms with van der Waals surface area (Å²) in [5.74, 6) is 2.49. The highest BCUT2D eigenvalue weighted by molar-refractivity contribution is 8.28. The van der Waals surface area contributed by atoms with Crippen LogP contribution in [0.2, 0.25) is 0 Å². The summed E-state index contributed by atoms with van der Waals surface area (Å²) in [4.78, 5) is 43.9. The molecule has 0 aromatic heterocycles. The Kier molecular flexibility index (Phi) is 8.08. The van der Waals surface area contributed by atoms with Crippen molar-refractivity contribution in [1.82, 2.24) is 4.72 Å². The van der Waals surface area contributed by atoms with Crippen LogP contribution in [0.3, 0.4) is 0 Å². The monoisotopic (exact) mass is 547 g/mol. The van der Waals surface area contributed by atoms with Crippen LogP contribution in [0.25, 0.3) is 0 Å². The number of carbonyl (C=O) groups excluding carboxylic acids is 3. The summed E-state index contributed by atoms with van der Waals surface area (Å²) < 4.78 is 8.15. The normalized spacial score (nSPS) is 23.5. The van der Waals surface area contributed by atoms with Gasteiger partial charge in [0.1, 0.15) is 5.75 Å². The Balaban J connectivity index is 0.000000572. The maximum absolute atomic E-state index is 13.3. The zero-order chi connectivity index (χ0) is 26.8. The molecule has 2 saturated heterocycles. The third-order valence-electron chi connectivity index (χ3n) is 6.35. The minimum absolute atomic E-state index is 0.150. The number of nitrogens with one attached hydrogen (secondary N) is 2. The second-order valence-electron chi connectivity index (χ2n) is 9.73. The Morgan fingerprint density at radius 3 is 2.43 bits per heavy atom. The van der Waals surface area contributed by atoms with Gasteiger partial charge in [-0.15, -0.1) is 0 Å². The Hall–Kier alpha value is -2.73. The number of phenols is 1. The van der Waals surface area contributed by atoms with Crippen molar-refractivity contribution < 1.29 is 28.7 Å². The molecule has 11 heteroatoms. The number of hydrogen-bond donors (Lipinski definition) is 3. The molecule has 2 aromatic carbocycles. The fraction of sp³-hybridized carbons (Fsp3) is 0.423. The van der Waals surface area contributed by atoms with Crippen LogP contribution >= 0.6 is 22.3 Å². The number of fused-ring (bicyclic) bond motifs is 1. The number of thioether (sulfide) groups is 1. The Bertz CT molecular complexity index is 1200. The Morgan fingerprint density at radius 2 is 1.86 bits per heavy atom. The van der Waals surface area contributed by atoms with E-state index < -0.39 is 15.9 Å². The molecular formula is C26H33N3O6S2. The van der Waals surface area contributed by atoms with Gasteiger partial charge in [-0.2, -0.15) is 16.1 Å². The standard InChI is InChI=1S/C22H25N3O6S.C4H8S/c1-13(26)23-17-7-6-15(12-19(17)27)25-18-8-5-14(11-16(18)22(2,3)21(25)29)20(28)24-32(4)10-9-30-31-32;1-2-4-5-3-1/h5-8,11-12,27H,9-10H2,1-4H3,(H,23,26)(H,24,28);1-4H2. The quantitative estimate of drug-likeness (QED) is 0.373. The fourth-order valence-corrected chi connectivity index (χ4v) is 6.69. The summed E-state index contributed by atoms with van der Waals surface area (Å²) in [5, 5.41) is 12.9. The number of phenolic OH excluding ortho intramolecular Hbond substituents is 1. The molecule has 3 N–H and O–H groups in total. The molecule has 9 nitrogen and oxygen atoms in total. The number of carbonyl (C=O) groups is 3. The maximum atomic E-state index is 13.3. The van der Waals surface area contributed by atoms with Gasteiger partial charge in [0.2, 0.25) is 11.8 Å². The van der Waals surface area contributed by atoms with Gasteiger partial charge in [0.05, 0.1) is 29.1 Å². The molecule has 0 aliphatic carbocycles. The summed E-state index contributed by atoms with van der Waals surface area (Å²) in [6.45, 7) is 5.36. The minimum atomic E-state index is -1.83. The number of anilines is 3. The van der Waals surface area contributed by atoms with Crippen LogP contribution < -0.4 is 14.9 Å². The molecule has 1 unspecified atom stereocenters. The average Bonchev–Trinajstić information content (AvgIpc) is 3.59.